The number of nitrogens with one attached hydrogen (secondary N) is 1. The number of pyridine rings is 1. The molecule has 67 heavy (non-hydrogen) atoms. The average Bonchev–Trinajstić information content (AvgIpc) is 3.78. The minimum Gasteiger partial charge on any atom is -0.493 e. The van der Waals surface area contributed by atoms with Gasteiger partial charge < -0.3 is 19.1 Å². The number of anilines is 1. The Kier molecular flexibility index (Phi) is 12.2. The third kappa shape index (κ3) is 8.53. The summed E-state index contributed by atoms with van der Waals surface area (Å²) in [5.41, 5.74) is 2.18. The molecule has 3 aromatic carbocycles. The Morgan fingerprint density at radius 2 is 1.67 bits per heavy atom. The van der Waals surface area contributed by atoms with Crippen LogP contribution in [-0.4, -0.2) is 118 Å². The predicted molar refractivity (Wildman–Crippen MR) is 241 cm³/mol. The van der Waals surface area contributed by atoms with Gasteiger partial charge in [0.1, 0.15) is 17.3 Å². The lowest BCUT2D eigenvalue weighted by molar-refractivity contribution is -0.137. The topological polar surface area (TPSA) is 175 Å². The number of nitrogens with zero attached hydrogens (tertiary/aromatic N) is 8. The van der Waals surface area contributed by atoms with Crippen LogP contribution in [-0.2, 0) is 28.6 Å². The van der Waals surface area contributed by atoms with Crippen molar-refractivity contribution in [2.24, 2.45) is 7.05 Å². The summed E-state index contributed by atoms with van der Waals surface area (Å²) in [6.45, 7) is 6.02. The lowest BCUT2D eigenvalue weighted by Crippen LogP contribution is -2.61. The van der Waals surface area contributed by atoms with Crippen molar-refractivity contribution < 1.29 is 42.2 Å². The lowest BCUT2D eigenvalue weighted by atomic mass is 9.77. The summed E-state index contributed by atoms with van der Waals surface area (Å²) in [6, 6.07) is 19.9. The first kappa shape index (κ1) is 45.2. The van der Waals surface area contributed by atoms with Gasteiger partial charge in [-0.15, -0.1) is 0 Å². The van der Waals surface area contributed by atoms with E-state index in [1.807, 2.05) is 59.2 Å². The van der Waals surface area contributed by atoms with Gasteiger partial charge in [-0.1, -0.05) is 18.2 Å². The Bertz CT molecular complexity index is 2800. The molecule has 0 unspecified atom stereocenters. The third-order valence-corrected chi connectivity index (χ3v) is 13.5. The van der Waals surface area contributed by atoms with E-state index in [0.29, 0.717) is 98.8 Å². The Morgan fingerprint density at radius 1 is 0.925 bits per heavy atom. The normalized spacial score (nSPS) is 21.5. The molecule has 9 rings (SSSR count). The minimum absolute atomic E-state index is 0.135. The largest absolute Gasteiger partial charge is 0.493 e. The Morgan fingerprint density at radius 3 is 2.37 bits per heavy atom. The molecule has 6 heterocycles. The van der Waals surface area contributed by atoms with Gasteiger partial charge in [-0.25, -0.2) is 13.8 Å². The second-order valence-electron chi connectivity index (χ2n) is 17.7. The van der Waals surface area contributed by atoms with Gasteiger partial charge >= 0.3 is 0 Å². The zero-order chi connectivity index (χ0) is 47.2. The van der Waals surface area contributed by atoms with Crippen molar-refractivity contribution in [1.82, 2.24) is 34.8 Å². The van der Waals surface area contributed by atoms with Crippen LogP contribution >= 0.6 is 0 Å². The van der Waals surface area contributed by atoms with E-state index in [2.05, 4.69) is 21.5 Å². The molecule has 1 N–H and O–H groups in total. The van der Waals surface area contributed by atoms with Crippen LogP contribution in [0.2, 0.25) is 0 Å². The fourth-order valence-corrected chi connectivity index (χ4v) is 9.85. The summed E-state index contributed by atoms with van der Waals surface area (Å²) in [6.07, 6.45) is 2.15. The Labute approximate surface area is 386 Å². The van der Waals surface area contributed by atoms with Crippen molar-refractivity contribution in [3.05, 3.63) is 101 Å². The summed E-state index contributed by atoms with van der Waals surface area (Å²) < 4.78 is 50.9. The quantitative estimate of drug-likeness (QED) is 0.134. The number of hydrogen-bond donors (Lipinski definition) is 1. The number of likely N-dealkylation sites (tertiary alicyclic amines) is 1. The molecule has 3 fully saturated rings. The molecular weight excluding hydrogens is 865 g/mol. The molecule has 0 aliphatic carbocycles. The van der Waals surface area contributed by atoms with Gasteiger partial charge in [0, 0.05) is 70.4 Å². The number of fused-ring (bicyclic) bond motifs is 2. The molecule has 18 heteroatoms. The summed E-state index contributed by atoms with van der Waals surface area (Å²) in [5, 5.41) is 17.6. The smallest absolute Gasteiger partial charge is 0.275 e. The highest BCUT2D eigenvalue weighted by Crippen LogP contribution is 2.40. The van der Waals surface area contributed by atoms with E-state index in [9.17, 15) is 24.4 Å². The summed E-state index contributed by atoms with van der Waals surface area (Å²) in [7, 11) is 3.31. The molecule has 348 valence electrons. The fraction of sp³-hybridized carbons (Fsp3) is 0.408. The SMILES string of the molecule is CCOc1cc([C@@H](CC#N)N2C(=O)c3cnc(N4CCN([C@H]5CCN(Cc6ccc(Oc7ccc8c([C@@]9(C)CCC(=O)NC9=O)nn(C)c8c7)cc6)CC5(F)F)CC4)cc3C2=O)ccc1OC. The molecule has 16 nitrogen and oxygen atoms in total. The number of aromatic nitrogens is 3. The van der Waals surface area contributed by atoms with Gasteiger partial charge in [-0.2, -0.15) is 10.4 Å². The van der Waals surface area contributed by atoms with Crippen LogP contribution in [0, 0.1) is 11.3 Å². The van der Waals surface area contributed by atoms with Gasteiger partial charge in [-0.3, -0.25) is 43.9 Å². The number of aryl methyl sites for hydroxylation is 1. The molecule has 0 radical (unpaired) electrons. The number of nitriles is 1. The maximum absolute atomic E-state index is 16.0. The number of rotatable bonds is 13. The van der Waals surface area contributed by atoms with Crippen molar-refractivity contribution in [3.8, 4) is 29.1 Å². The highest BCUT2D eigenvalue weighted by atomic mass is 19.3. The number of imide groups is 2. The van der Waals surface area contributed by atoms with E-state index in [1.54, 1.807) is 47.8 Å². The van der Waals surface area contributed by atoms with Crippen LogP contribution in [0.4, 0.5) is 14.6 Å². The second-order valence-corrected chi connectivity index (χ2v) is 17.7. The van der Waals surface area contributed by atoms with E-state index >= 15 is 8.78 Å². The molecule has 3 saturated heterocycles. The van der Waals surface area contributed by atoms with E-state index in [1.165, 1.54) is 13.3 Å². The van der Waals surface area contributed by atoms with E-state index < -0.39 is 35.2 Å². The molecule has 4 aliphatic rings. The highest BCUT2D eigenvalue weighted by Gasteiger charge is 2.48. The first-order valence-corrected chi connectivity index (χ1v) is 22.4. The van der Waals surface area contributed by atoms with Crippen LogP contribution in [0.5, 0.6) is 23.0 Å². The van der Waals surface area contributed by atoms with Crippen LogP contribution in [0.3, 0.4) is 0 Å². The van der Waals surface area contributed by atoms with Gasteiger partial charge in [-0.05, 0) is 80.3 Å². The van der Waals surface area contributed by atoms with Gasteiger partial charge in [0.2, 0.25) is 11.8 Å². The zero-order valence-electron chi connectivity index (χ0n) is 37.8. The second kappa shape index (κ2) is 18.0. The molecule has 4 aliphatic heterocycles. The first-order valence-electron chi connectivity index (χ1n) is 22.4. The molecule has 4 amide bonds. The maximum atomic E-state index is 16.0. The highest BCUT2D eigenvalue weighted by molar-refractivity contribution is 6.21. The van der Waals surface area contributed by atoms with Crippen LogP contribution < -0.4 is 24.4 Å². The van der Waals surface area contributed by atoms with Crippen molar-refractivity contribution >= 4 is 40.3 Å². The maximum Gasteiger partial charge on any atom is 0.275 e. The molecule has 0 saturated carbocycles. The number of halogens is 2. The number of piperidine rings is 2. The van der Waals surface area contributed by atoms with Crippen molar-refractivity contribution in [2.75, 3.05) is 57.9 Å². The number of piperazine rings is 1. The summed E-state index contributed by atoms with van der Waals surface area (Å²) in [4.78, 5) is 63.4. The minimum atomic E-state index is -2.96. The van der Waals surface area contributed by atoms with Crippen LogP contribution in [0.15, 0.2) is 72.9 Å². The van der Waals surface area contributed by atoms with E-state index in [-0.39, 0.29) is 42.3 Å². The predicted octanol–water partition coefficient (Wildman–Crippen LogP) is 6.14. The first-order chi connectivity index (χ1) is 32.2. The average molecular weight is 916 g/mol. The Balaban J connectivity index is 0.789. The van der Waals surface area contributed by atoms with E-state index in [4.69, 9.17) is 14.2 Å². The number of alkyl halides is 2. The summed E-state index contributed by atoms with van der Waals surface area (Å²) in [5.74, 6) is -2.16. The number of ether oxygens (including phenoxy) is 3. The Hall–Kier alpha value is -6.97. The number of carbonyl (C=O) groups excluding carboxylic acids is 4. The summed E-state index contributed by atoms with van der Waals surface area (Å²) >= 11 is 0. The number of methoxy groups -OCH3 is 1. The monoisotopic (exact) mass is 915 g/mol. The van der Waals surface area contributed by atoms with Crippen molar-refractivity contribution in [1.29, 1.82) is 5.26 Å². The number of amides is 4. The third-order valence-electron chi connectivity index (χ3n) is 13.5. The molecule has 3 atom stereocenters. The zero-order valence-corrected chi connectivity index (χ0v) is 37.8. The van der Waals surface area contributed by atoms with Crippen molar-refractivity contribution in [2.45, 2.75) is 69.5 Å². The van der Waals surface area contributed by atoms with Crippen LogP contribution in [0.1, 0.15) is 83.1 Å². The molecule has 2 aromatic heterocycles. The molecule has 0 bridgehead atoms. The van der Waals surface area contributed by atoms with Gasteiger partial charge in [0.15, 0.2) is 11.5 Å². The number of hydrogen-bond acceptors (Lipinski definition) is 13. The molecule has 0 spiro atoms. The van der Waals surface area contributed by atoms with Crippen LogP contribution in [0.25, 0.3) is 10.9 Å². The number of carbonyl (C=O) groups is 4. The number of benzene rings is 3. The van der Waals surface area contributed by atoms with Gasteiger partial charge in [0.25, 0.3) is 17.7 Å². The van der Waals surface area contributed by atoms with E-state index in [0.717, 1.165) is 21.4 Å². The van der Waals surface area contributed by atoms with Gasteiger partial charge in [0.05, 0.1) is 72.6 Å². The fourth-order valence-electron chi connectivity index (χ4n) is 9.85. The molecule has 5 aromatic rings. The van der Waals surface area contributed by atoms with Crippen molar-refractivity contribution in [3.63, 3.8) is 0 Å². The lowest BCUT2D eigenvalue weighted by Gasteiger charge is -2.46. The standard InChI is InChI=1S/C49H51F2N9O7/c1-5-66-40-24-31(8-13-39(40)65-4)37(15-18-52)60-45(62)35-26-42(53-27-36(35)46(60)63)59-22-20-58(21-23-59)41-16-19-57(29-49(41,50)51)28-30-6-9-32(10-7-30)67-33-11-12-34-38(25-33)56(3)55-44(34)48(2)17-14-43(61)54-47(48)64/h6-13,24-27,37,41H,5,14-17,19-23,28-29H2,1-4H3,(H,54,61,64)/t37-,41+,48-/m1/s1. The molecular formula is C49H51F2N9O7.